The third kappa shape index (κ3) is 4.69. The third-order valence-corrected chi connectivity index (χ3v) is 9.05. The molecule has 2 fully saturated rings. The highest BCUT2D eigenvalue weighted by molar-refractivity contribution is 7.13. The number of halogens is 1. The summed E-state index contributed by atoms with van der Waals surface area (Å²) < 4.78 is 0. The highest BCUT2D eigenvalue weighted by Gasteiger charge is 2.40. The maximum absolute atomic E-state index is 6.33. The molecule has 0 spiro atoms. The van der Waals surface area contributed by atoms with Crippen LogP contribution in [-0.2, 0) is 0 Å². The Labute approximate surface area is 216 Å². The second-order valence-corrected chi connectivity index (χ2v) is 11.4. The van der Waals surface area contributed by atoms with Crippen molar-refractivity contribution >= 4 is 39.7 Å². The van der Waals surface area contributed by atoms with Gasteiger partial charge in [-0.15, -0.1) is 11.3 Å². The fraction of sp³-hybridized carbons (Fsp3) is 0.379. The lowest BCUT2D eigenvalue weighted by Crippen LogP contribution is -2.32. The van der Waals surface area contributed by atoms with Crippen molar-refractivity contribution in [3.05, 3.63) is 65.0 Å². The Kier molecular flexibility index (Phi) is 6.48. The molecule has 4 nitrogen and oxygen atoms in total. The smallest absolute Gasteiger partial charge is 0.162 e. The molecule has 1 aliphatic heterocycles. The SMILES string of the molecule is CN1CC(CCNc2nc(-c3ccc(-c4cccs4)cc3)nc3cc(Cl)ccc23)C2CCCCC21. The van der Waals surface area contributed by atoms with Gasteiger partial charge in [-0.05, 0) is 73.4 Å². The van der Waals surface area contributed by atoms with Crippen molar-refractivity contribution in [2.75, 3.05) is 25.5 Å². The molecule has 0 amide bonds. The predicted octanol–water partition coefficient (Wildman–Crippen LogP) is 7.60. The van der Waals surface area contributed by atoms with E-state index in [2.05, 4.69) is 59.0 Å². The lowest BCUT2D eigenvalue weighted by Gasteiger charge is -2.31. The Bertz CT molecular complexity index is 1300. The standard InChI is InChI=1S/C29H31ClN4S/c1-34-18-21(23-5-2-3-6-26(23)34)14-15-31-29-24-13-12-22(30)17-25(24)32-28(33-29)20-10-8-19(9-11-20)27-7-4-16-35-27/h4,7-13,16-17,21,23,26H,2-3,5-6,14-15,18H2,1H3,(H,31,32,33). The Balaban J connectivity index is 1.24. The Morgan fingerprint density at radius 3 is 2.69 bits per heavy atom. The van der Waals surface area contributed by atoms with E-state index in [1.807, 2.05) is 18.2 Å². The van der Waals surface area contributed by atoms with E-state index in [4.69, 9.17) is 21.6 Å². The van der Waals surface area contributed by atoms with Crippen molar-refractivity contribution in [3.8, 4) is 21.8 Å². The van der Waals surface area contributed by atoms with Gasteiger partial charge in [0.2, 0.25) is 0 Å². The van der Waals surface area contributed by atoms with Gasteiger partial charge in [-0.25, -0.2) is 9.97 Å². The van der Waals surface area contributed by atoms with Gasteiger partial charge in [0.25, 0.3) is 0 Å². The average molecular weight is 503 g/mol. The first-order valence-electron chi connectivity index (χ1n) is 12.7. The monoisotopic (exact) mass is 502 g/mol. The molecule has 1 saturated heterocycles. The summed E-state index contributed by atoms with van der Waals surface area (Å²) in [6.45, 7) is 2.15. The fourth-order valence-electron chi connectivity index (χ4n) is 6.15. The van der Waals surface area contributed by atoms with Crippen LogP contribution in [0.1, 0.15) is 32.1 Å². The number of likely N-dealkylation sites (tertiary alicyclic amines) is 1. The molecule has 2 aromatic carbocycles. The van der Waals surface area contributed by atoms with Gasteiger partial charge in [0, 0.05) is 40.0 Å². The quantitative estimate of drug-likeness (QED) is 0.294. The molecule has 3 unspecified atom stereocenters. The highest BCUT2D eigenvalue weighted by atomic mass is 35.5. The third-order valence-electron chi connectivity index (χ3n) is 7.89. The van der Waals surface area contributed by atoms with Crippen molar-refractivity contribution in [3.63, 3.8) is 0 Å². The van der Waals surface area contributed by atoms with Crippen molar-refractivity contribution in [1.82, 2.24) is 14.9 Å². The van der Waals surface area contributed by atoms with Crippen LogP contribution in [0.3, 0.4) is 0 Å². The summed E-state index contributed by atoms with van der Waals surface area (Å²) in [6, 6.07) is 19.4. The molecule has 0 bridgehead atoms. The summed E-state index contributed by atoms with van der Waals surface area (Å²) in [6.07, 6.45) is 6.72. The summed E-state index contributed by atoms with van der Waals surface area (Å²) in [5.74, 6) is 3.25. The van der Waals surface area contributed by atoms with Crippen molar-refractivity contribution in [2.45, 2.75) is 38.1 Å². The van der Waals surface area contributed by atoms with Crippen LogP contribution in [0.2, 0.25) is 5.02 Å². The number of hydrogen-bond donors (Lipinski definition) is 1. The first-order chi connectivity index (χ1) is 17.2. The van der Waals surface area contributed by atoms with Gasteiger partial charge in [0.05, 0.1) is 5.52 Å². The average Bonchev–Trinajstić information content (AvgIpc) is 3.53. The van der Waals surface area contributed by atoms with Crippen LogP contribution in [-0.4, -0.2) is 41.0 Å². The van der Waals surface area contributed by atoms with Crippen molar-refractivity contribution in [2.24, 2.45) is 11.8 Å². The Morgan fingerprint density at radius 1 is 1.03 bits per heavy atom. The number of thiophene rings is 1. The van der Waals surface area contributed by atoms with E-state index in [0.717, 1.165) is 52.5 Å². The molecule has 6 heteroatoms. The lowest BCUT2D eigenvalue weighted by molar-refractivity contribution is 0.205. The van der Waals surface area contributed by atoms with E-state index in [1.54, 1.807) is 11.3 Å². The summed E-state index contributed by atoms with van der Waals surface area (Å²) in [5.41, 5.74) is 3.10. The largest absolute Gasteiger partial charge is 0.369 e. The number of fused-ring (bicyclic) bond motifs is 2. The van der Waals surface area contributed by atoms with E-state index in [-0.39, 0.29) is 0 Å². The Morgan fingerprint density at radius 2 is 1.86 bits per heavy atom. The number of anilines is 1. The van der Waals surface area contributed by atoms with E-state index < -0.39 is 0 Å². The van der Waals surface area contributed by atoms with E-state index in [1.165, 1.54) is 49.1 Å². The minimum atomic E-state index is 0.693. The zero-order chi connectivity index (χ0) is 23.8. The maximum atomic E-state index is 6.33. The van der Waals surface area contributed by atoms with Crippen molar-refractivity contribution < 1.29 is 0 Å². The van der Waals surface area contributed by atoms with E-state index >= 15 is 0 Å². The number of aromatic nitrogens is 2. The molecular weight excluding hydrogens is 472 g/mol. The number of benzene rings is 2. The second-order valence-electron chi connectivity index (χ2n) is 10.0. The maximum Gasteiger partial charge on any atom is 0.162 e. The molecule has 2 aliphatic rings. The summed E-state index contributed by atoms with van der Waals surface area (Å²) in [7, 11) is 2.31. The van der Waals surface area contributed by atoms with Gasteiger partial charge in [0.15, 0.2) is 5.82 Å². The summed E-state index contributed by atoms with van der Waals surface area (Å²) in [5, 5.41) is 7.50. The first-order valence-corrected chi connectivity index (χ1v) is 14.0. The molecule has 3 atom stereocenters. The topological polar surface area (TPSA) is 41.0 Å². The zero-order valence-electron chi connectivity index (χ0n) is 20.1. The van der Waals surface area contributed by atoms with Crippen LogP contribution in [0.25, 0.3) is 32.7 Å². The molecule has 1 aliphatic carbocycles. The van der Waals surface area contributed by atoms with Crippen LogP contribution < -0.4 is 5.32 Å². The molecule has 2 aromatic heterocycles. The van der Waals surface area contributed by atoms with Crippen molar-refractivity contribution in [1.29, 1.82) is 0 Å². The molecule has 0 radical (unpaired) electrons. The van der Waals surface area contributed by atoms with E-state index in [9.17, 15) is 0 Å². The van der Waals surface area contributed by atoms with Gasteiger partial charge in [-0.1, -0.05) is 54.8 Å². The zero-order valence-corrected chi connectivity index (χ0v) is 21.7. The molecule has 35 heavy (non-hydrogen) atoms. The molecule has 180 valence electrons. The van der Waals surface area contributed by atoms with Gasteiger partial charge in [0.1, 0.15) is 5.82 Å². The number of rotatable bonds is 6. The van der Waals surface area contributed by atoms with Crippen LogP contribution in [0.4, 0.5) is 5.82 Å². The first kappa shape index (κ1) is 23.0. The van der Waals surface area contributed by atoms with Crippen LogP contribution >= 0.6 is 22.9 Å². The minimum absolute atomic E-state index is 0.693. The lowest BCUT2D eigenvalue weighted by atomic mass is 9.78. The van der Waals surface area contributed by atoms with Crippen LogP contribution in [0.5, 0.6) is 0 Å². The molecule has 1 saturated carbocycles. The molecular formula is C29H31ClN4S. The van der Waals surface area contributed by atoms with E-state index in [0.29, 0.717) is 5.02 Å². The summed E-state index contributed by atoms with van der Waals surface area (Å²) in [4.78, 5) is 13.7. The molecule has 4 aromatic rings. The fourth-order valence-corrected chi connectivity index (χ4v) is 7.05. The highest BCUT2D eigenvalue weighted by Crippen LogP contribution is 2.40. The molecule has 3 heterocycles. The van der Waals surface area contributed by atoms with Gasteiger partial charge >= 0.3 is 0 Å². The number of nitrogens with zero attached hydrogens (tertiary/aromatic N) is 3. The Hall–Kier alpha value is -2.47. The van der Waals surface area contributed by atoms with Crippen LogP contribution in [0, 0.1) is 11.8 Å². The molecule has 6 rings (SSSR count). The summed E-state index contributed by atoms with van der Waals surface area (Å²) >= 11 is 8.08. The van der Waals surface area contributed by atoms with Gasteiger partial charge in [-0.3, -0.25) is 0 Å². The predicted molar refractivity (Wildman–Crippen MR) is 148 cm³/mol. The normalized spacial score (nSPS) is 22.4. The van der Waals surface area contributed by atoms with Gasteiger partial charge < -0.3 is 10.2 Å². The minimum Gasteiger partial charge on any atom is -0.369 e. The second kappa shape index (κ2) is 9.88. The number of hydrogen-bond acceptors (Lipinski definition) is 5. The van der Waals surface area contributed by atoms with Gasteiger partial charge in [-0.2, -0.15) is 0 Å². The van der Waals surface area contributed by atoms with Crippen LogP contribution in [0.15, 0.2) is 60.0 Å². The molecule has 1 N–H and O–H groups in total. The number of nitrogens with one attached hydrogen (secondary N) is 1.